The molecule has 0 radical (unpaired) electrons. The number of esters is 1. The summed E-state index contributed by atoms with van der Waals surface area (Å²) in [5, 5.41) is 18.0. The van der Waals surface area contributed by atoms with Crippen molar-refractivity contribution in [3.05, 3.63) is 53.1 Å². The Hall–Kier alpha value is -4.29. The second kappa shape index (κ2) is 14.9. The van der Waals surface area contributed by atoms with E-state index in [0.717, 1.165) is 6.07 Å². The monoisotopic (exact) mass is 620 g/mol. The van der Waals surface area contributed by atoms with Crippen LogP contribution in [0.2, 0.25) is 0 Å². The molecule has 13 heteroatoms. The molecular formula is C31H39F3N4O6. The van der Waals surface area contributed by atoms with Crippen molar-refractivity contribution in [2.75, 3.05) is 31.1 Å². The number of halogens is 3. The summed E-state index contributed by atoms with van der Waals surface area (Å²) in [5.74, 6) is -2.27. The van der Waals surface area contributed by atoms with Crippen LogP contribution in [-0.2, 0) is 31.7 Å². The lowest BCUT2D eigenvalue weighted by atomic mass is 9.97. The number of hydrogen-bond acceptors (Lipinski definition) is 7. The number of amides is 2. The van der Waals surface area contributed by atoms with Gasteiger partial charge < -0.3 is 30.1 Å². The average molecular weight is 621 g/mol. The van der Waals surface area contributed by atoms with Crippen LogP contribution in [0.15, 0.2) is 36.4 Å². The number of carbonyl (C=O) groups is 3. The lowest BCUT2D eigenvalue weighted by Gasteiger charge is -2.32. The molecule has 1 aliphatic heterocycles. The summed E-state index contributed by atoms with van der Waals surface area (Å²) < 4.78 is 53.6. The van der Waals surface area contributed by atoms with Crippen molar-refractivity contribution in [3.63, 3.8) is 0 Å². The Kier molecular flexibility index (Phi) is 11.6. The Morgan fingerprint density at radius 3 is 2.41 bits per heavy atom. The number of phenols is 1. The summed E-state index contributed by atoms with van der Waals surface area (Å²) in [4.78, 5) is 39.7. The van der Waals surface area contributed by atoms with Crippen molar-refractivity contribution >= 4 is 29.3 Å². The van der Waals surface area contributed by atoms with Crippen LogP contribution in [-0.4, -0.2) is 66.0 Å². The van der Waals surface area contributed by atoms with Crippen molar-refractivity contribution in [3.8, 4) is 11.5 Å². The minimum Gasteiger partial charge on any atom is -0.508 e. The first-order valence-electron chi connectivity index (χ1n) is 14.4. The highest BCUT2D eigenvalue weighted by atomic mass is 19.4. The van der Waals surface area contributed by atoms with E-state index in [9.17, 15) is 32.7 Å². The van der Waals surface area contributed by atoms with E-state index in [2.05, 4.69) is 0 Å². The molecule has 3 rings (SSSR count). The average Bonchev–Trinajstić information content (AvgIpc) is 2.96. The fourth-order valence-electron chi connectivity index (χ4n) is 5.07. The molecule has 1 unspecified atom stereocenters. The number of nitrogen functional groups attached to an aromatic ring is 1. The standard InChI is InChI=1S/C31H39F3N4O6/c1-4-43-29(42)10-9-28(41)38(18-19(2)15-22-16-21(30(35)36)5-7-26(22)40)23-6-8-27(25(17-23)31(32,33)34)44-24-11-13-37(14-12-24)20(3)39/h5-8,16-17,19,24,40H,4,9-15,18H2,1-3H3,(H3,35,36). The van der Waals surface area contributed by atoms with Gasteiger partial charge in [-0.25, -0.2) is 0 Å². The molecule has 1 aliphatic rings. The van der Waals surface area contributed by atoms with Crippen LogP contribution in [0.4, 0.5) is 18.9 Å². The van der Waals surface area contributed by atoms with Gasteiger partial charge in [-0.2, -0.15) is 13.2 Å². The number of aromatic hydroxyl groups is 1. The Bertz CT molecular complexity index is 1360. The molecule has 240 valence electrons. The van der Waals surface area contributed by atoms with E-state index >= 15 is 0 Å². The third-order valence-corrected chi connectivity index (χ3v) is 7.36. The van der Waals surface area contributed by atoms with Crippen LogP contribution in [0.25, 0.3) is 0 Å². The van der Waals surface area contributed by atoms with E-state index in [4.69, 9.17) is 20.6 Å². The van der Waals surface area contributed by atoms with Crippen LogP contribution in [0, 0.1) is 11.3 Å². The molecule has 1 atom stereocenters. The number of hydrogen-bond donors (Lipinski definition) is 3. The summed E-state index contributed by atoms with van der Waals surface area (Å²) in [6.45, 7) is 5.68. The van der Waals surface area contributed by atoms with Gasteiger partial charge in [0.1, 0.15) is 23.4 Å². The second-order valence-corrected chi connectivity index (χ2v) is 10.9. The molecule has 1 fully saturated rings. The topological polar surface area (TPSA) is 146 Å². The van der Waals surface area contributed by atoms with E-state index in [0.29, 0.717) is 37.1 Å². The smallest absolute Gasteiger partial charge is 0.420 e. The van der Waals surface area contributed by atoms with E-state index in [1.54, 1.807) is 24.8 Å². The lowest BCUT2D eigenvalue weighted by molar-refractivity contribution is -0.144. The van der Waals surface area contributed by atoms with Gasteiger partial charge in [0, 0.05) is 57.1 Å². The number of phenolic OH excluding ortho intramolecular Hbond substituents is 1. The first kappa shape index (κ1) is 34.2. The quantitative estimate of drug-likeness (QED) is 0.178. The number of nitrogens with one attached hydrogen (secondary N) is 1. The maximum absolute atomic E-state index is 14.3. The highest BCUT2D eigenvalue weighted by Gasteiger charge is 2.37. The lowest BCUT2D eigenvalue weighted by Crippen LogP contribution is -2.40. The number of likely N-dealkylation sites (tertiary alicyclic amines) is 1. The van der Waals surface area contributed by atoms with Crippen molar-refractivity contribution in [1.29, 1.82) is 5.41 Å². The van der Waals surface area contributed by atoms with E-state index in [1.165, 1.54) is 36.1 Å². The largest absolute Gasteiger partial charge is 0.508 e. The summed E-state index contributed by atoms with van der Waals surface area (Å²) >= 11 is 0. The number of ether oxygens (including phenoxy) is 2. The molecule has 10 nitrogen and oxygen atoms in total. The Morgan fingerprint density at radius 2 is 1.82 bits per heavy atom. The van der Waals surface area contributed by atoms with Crippen LogP contribution in [0.3, 0.4) is 0 Å². The van der Waals surface area contributed by atoms with Gasteiger partial charge in [0.25, 0.3) is 0 Å². The van der Waals surface area contributed by atoms with Gasteiger partial charge in [-0.15, -0.1) is 0 Å². The van der Waals surface area contributed by atoms with Crippen LogP contribution in [0.1, 0.15) is 63.1 Å². The molecule has 1 heterocycles. The third-order valence-electron chi connectivity index (χ3n) is 7.36. The molecule has 0 saturated carbocycles. The Balaban J connectivity index is 1.89. The maximum atomic E-state index is 14.3. The molecule has 44 heavy (non-hydrogen) atoms. The fourth-order valence-corrected chi connectivity index (χ4v) is 5.07. The number of alkyl halides is 3. The molecule has 2 aromatic carbocycles. The minimum absolute atomic E-state index is 0.0292. The van der Waals surface area contributed by atoms with Crippen LogP contribution >= 0.6 is 0 Å². The van der Waals surface area contributed by atoms with Gasteiger partial charge in [0.2, 0.25) is 11.8 Å². The summed E-state index contributed by atoms with van der Waals surface area (Å²) in [6, 6.07) is 7.87. The first-order chi connectivity index (χ1) is 20.7. The minimum atomic E-state index is -4.80. The maximum Gasteiger partial charge on any atom is 0.420 e. The molecule has 2 aromatic rings. The van der Waals surface area contributed by atoms with Gasteiger partial charge in [0.15, 0.2) is 0 Å². The highest BCUT2D eigenvalue weighted by Crippen LogP contribution is 2.40. The SMILES string of the molecule is CCOC(=O)CCC(=O)N(CC(C)Cc1cc(C(=N)N)ccc1O)c1ccc(OC2CCN(C(C)=O)CC2)c(C(F)(F)F)c1. The van der Waals surface area contributed by atoms with Gasteiger partial charge in [0.05, 0.1) is 18.6 Å². The second-order valence-electron chi connectivity index (χ2n) is 10.9. The first-order valence-corrected chi connectivity index (χ1v) is 14.4. The third kappa shape index (κ3) is 9.35. The molecular weight excluding hydrogens is 581 g/mol. The molecule has 0 bridgehead atoms. The molecule has 2 amide bonds. The number of benzene rings is 2. The van der Waals surface area contributed by atoms with Crippen molar-refractivity contribution in [1.82, 2.24) is 4.90 Å². The highest BCUT2D eigenvalue weighted by molar-refractivity contribution is 5.96. The normalized spacial score (nSPS) is 14.5. The summed E-state index contributed by atoms with van der Waals surface area (Å²) in [7, 11) is 0. The molecule has 0 aromatic heterocycles. The number of amidine groups is 1. The molecule has 0 aliphatic carbocycles. The van der Waals surface area contributed by atoms with Crippen LogP contribution < -0.4 is 15.4 Å². The molecule has 0 spiro atoms. The fraction of sp³-hybridized carbons (Fsp3) is 0.484. The van der Waals surface area contributed by atoms with Gasteiger partial charge in [-0.3, -0.25) is 19.8 Å². The predicted molar refractivity (Wildman–Crippen MR) is 158 cm³/mol. The van der Waals surface area contributed by atoms with Crippen molar-refractivity contribution in [2.24, 2.45) is 11.7 Å². The van der Waals surface area contributed by atoms with Gasteiger partial charge in [-0.1, -0.05) is 6.92 Å². The number of nitrogens with two attached hydrogens (primary N) is 1. The Labute approximate surface area is 254 Å². The summed E-state index contributed by atoms with van der Waals surface area (Å²) in [6.07, 6.45) is -4.86. The van der Waals surface area contributed by atoms with E-state index in [-0.39, 0.29) is 67.3 Å². The summed E-state index contributed by atoms with van der Waals surface area (Å²) in [5.41, 5.74) is 5.34. The Morgan fingerprint density at radius 1 is 1.14 bits per heavy atom. The van der Waals surface area contributed by atoms with Crippen molar-refractivity contribution < 1.29 is 42.1 Å². The number of piperidine rings is 1. The molecule has 1 saturated heterocycles. The number of nitrogens with zero attached hydrogens (tertiary/aromatic N) is 2. The number of anilines is 1. The zero-order chi connectivity index (χ0) is 32.6. The predicted octanol–water partition coefficient (Wildman–Crippen LogP) is 4.64. The number of carbonyl (C=O) groups excluding carboxylic acids is 3. The zero-order valence-electron chi connectivity index (χ0n) is 25.1. The zero-order valence-corrected chi connectivity index (χ0v) is 25.1. The van der Waals surface area contributed by atoms with E-state index in [1.807, 2.05) is 0 Å². The van der Waals surface area contributed by atoms with Crippen LogP contribution in [0.5, 0.6) is 11.5 Å². The van der Waals surface area contributed by atoms with Gasteiger partial charge >= 0.3 is 12.1 Å². The molecule has 4 N–H and O–H groups in total. The van der Waals surface area contributed by atoms with E-state index < -0.39 is 29.7 Å². The number of rotatable bonds is 12. The van der Waals surface area contributed by atoms with Gasteiger partial charge in [-0.05, 0) is 61.2 Å². The van der Waals surface area contributed by atoms with Crippen molar-refractivity contribution in [2.45, 2.75) is 65.2 Å².